The van der Waals surface area contributed by atoms with Crippen LogP contribution >= 0.6 is 24.8 Å². The highest BCUT2D eigenvalue weighted by atomic mass is 35.5. The molecule has 1 aromatic heterocycles. The molecule has 158 valence electrons. The number of rotatable bonds is 6. The number of amides is 1. The number of carbonyl (C=O) groups excluding carboxylic acids is 1. The Bertz CT molecular complexity index is 797. The predicted molar refractivity (Wildman–Crippen MR) is 119 cm³/mol. The van der Waals surface area contributed by atoms with Crippen molar-refractivity contribution < 1.29 is 10.0 Å². The third kappa shape index (κ3) is 7.62. The van der Waals surface area contributed by atoms with Crippen molar-refractivity contribution >= 4 is 42.7 Å². The van der Waals surface area contributed by atoms with Gasteiger partial charge in [-0.2, -0.15) is 0 Å². The number of hydroxylamine groups is 1. The highest BCUT2D eigenvalue weighted by Crippen LogP contribution is 2.17. The van der Waals surface area contributed by atoms with Crippen LogP contribution in [0.2, 0.25) is 0 Å². The average molecular weight is 440 g/mol. The normalized spacial score (nSPS) is 14.7. The van der Waals surface area contributed by atoms with Crippen molar-refractivity contribution in [2.45, 2.75) is 32.4 Å². The molecule has 1 aliphatic heterocycles. The Morgan fingerprint density at radius 2 is 1.93 bits per heavy atom. The van der Waals surface area contributed by atoms with Gasteiger partial charge < -0.3 is 5.32 Å². The molecule has 29 heavy (non-hydrogen) atoms. The maximum Gasteiger partial charge on any atom is 0.267 e. The molecular formula is C20H27Cl2N5O2. The van der Waals surface area contributed by atoms with Crippen LogP contribution in [0.3, 0.4) is 0 Å². The SMILES string of the molecule is Cc1nc(NC2CCN(Cc3ccccc3)CC2)ncc1C=CC(=O)NO.Cl.Cl. The van der Waals surface area contributed by atoms with E-state index in [0.29, 0.717) is 12.0 Å². The number of carbonyl (C=O) groups is 1. The first-order valence-electron chi connectivity index (χ1n) is 9.12. The quantitative estimate of drug-likeness (QED) is 0.363. The maximum atomic E-state index is 11.1. The number of halogens is 2. The molecular weight excluding hydrogens is 413 g/mol. The molecule has 1 amide bonds. The van der Waals surface area contributed by atoms with E-state index in [1.54, 1.807) is 17.8 Å². The van der Waals surface area contributed by atoms with Gasteiger partial charge in [0.05, 0.1) is 5.69 Å². The molecule has 7 nitrogen and oxygen atoms in total. The summed E-state index contributed by atoms with van der Waals surface area (Å²) < 4.78 is 0. The topological polar surface area (TPSA) is 90.4 Å². The van der Waals surface area contributed by atoms with Crippen LogP contribution in [0, 0.1) is 6.92 Å². The number of likely N-dealkylation sites (tertiary alicyclic amines) is 1. The third-order valence-corrected chi connectivity index (χ3v) is 4.71. The van der Waals surface area contributed by atoms with Crippen molar-refractivity contribution in [1.29, 1.82) is 0 Å². The molecule has 2 aromatic rings. The summed E-state index contributed by atoms with van der Waals surface area (Å²) in [6.45, 7) is 4.95. The lowest BCUT2D eigenvalue weighted by molar-refractivity contribution is -0.124. The minimum absolute atomic E-state index is 0. The molecule has 1 aromatic carbocycles. The van der Waals surface area contributed by atoms with Crippen molar-refractivity contribution in [2.24, 2.45) is 0 Å². The fourth-order valence-electron chi connectivity index (χ4n) is 3.17. The van der Waals surface area contributed by atoms with Crippen molar-refractivity contribution in [3.8, 4) is 0 Å². The fourth-order valence-corrected chi connectivity index (χ4v) is 3.17. The minimum atomic E-state index is -0.584. The smallest absolute Gasteiger partial charge is 0.267 e. The van der Waals surface area contributed by atoms with E-state index in [2.05, 4.69) is 44.5 Å². The summed E-state index contributed by atoms with van der Waals surface area (Å²) in [5.41, 5.74) is 4.42. The minimum Gasteiger partial charge on any atom is -0.351 e. The number of aryl methyl sites for hydroxylation is 1. The maximum absolute atomic E-state index is 11.1. The van der Waals surface area contributed by atoms with Gasteiger partial charge in [-0.25, -0.2) is 15.4 Å². The molecule has 0 atom stereocenters. The van der Waals surface area contributed by atoms with E-state index in [1.165, 1.54) is 11.6 Å². The van der Waals surface area contributed by atoms with Gasteiger partial charge >= 0.3 is 0 Å². The standard InChI is InChI=1S/C20H25N5O2.2ClH/c1-15-17(7-8-19(26)24-27)13-21-20(22-15)23-18-9-11-25(12-10-18)14-16-5-3-2-4-6-16;;/h2-8,13,18,27H,9-12,14H2,1H3,(H,24,26)(H,21,22,23);2*1H. The van der Waals surface area contributed by atoms with Gasteiger partial charge in [0.15, 0.2) is 0 Å². The van der Waals surface area contributed by atoms with Gasteiger partial charge in [-0.15, -0.1) is 24.8 Å². The van der Waals surface area contributed by atoms with E-state index in [0.717, 1.165) is 43.7 Å². The van der Waals surface area contributed by atoms with E-state index in [-0.39, 0.29) is 24.8 Å². The van der Waals surface area contributed by atoms with E-state index in [1.807, 2.05) is 13.0 Å². The second-order valence-electron chi connectivity index (χ2n) is 6.72. The molecule has 0 bridgehead atoms. The zero-order valence-electron chi connectivity index (χ0n) is 16.2. The Morgan fingerprint density at radius 1 is 1.24 bits per heavy atom. The Morgan fingerprint density at radius 3 is 2.55 bits per heavy atom. The number of aromatic nitrogens is 2. The lowest BCUT2D eigenvalue weighted by Gasteiger charge is -2.32. The summed E-state index contributed by atoms with van der Waals surface area (Å²) in [5, 5.41) is 11.9. The van der Waals surface area contributed by atoms with E-state index < -0.39 is 5.91 Å². The van der Waals surface area contributed by atoms with Crippen LogP contribution in [0.25, 0.3) is 6.08 Å². The van der Waals surface area contributed by atoms with Gasteiger partial charge in [0.1, 0.15) is 0 Å². The molecule has 2 heterocycles. The van der Waals surface area contributed by atoms with Crippen LogP contribution in [-0.2, 0) is 11.3 Å². The van der Waals surface area contributed by atoms with Crippen LogP contribution in [-0.4, -0.2) is 45.1 Å². The van der Waals surface area contributed by atoms with Crippen molar-refractivity contribution in [1.82, 2.24) is 20.3 Å². The number of nitrogens with zero attached hydrogens (tertiary/aromatic N) is 3. The van der Waals surface area contributed by atoms with Gasteiger partial charge in [0.25, 0.3) is 5.91 Å². The fraction of sp³-hybridized carbons (Fsp3) is 0.350. The Kier molecular flexibility index (Phi) is 10.6. The average Bonchev–Trinajstić information content (AvgIpc) is 2.69. The molecule has 3 rings (SSSR count). The summed E-state index contributed by atoms with van der Waals surface area (Å²) in [6, 6.07) is 10.9. The molecule has 9 heteroatoms. The molecule has 1 fully saturated rings. The number of anilines is 1. The molecule has 0 spiro atoms. The first kappa shape index (κ1) is 24.8. The largest absolute Gasteiger partial charge is 0.351 e. The number of piperidine rings is 1. The van der Waals surface area contributed by atoms with Crippen LogP contribution in [0.4, 0.5) is 5.95 Å². The zero-order chi connectivity index (χ0) is 19.1. The molecule has 3 N–H and O–H groups in total. The van der Waals surface area contributed by atoms with Crippen molar-refractivity contribution in [2.75, 3.05) is 18.4 Å². The summed E-state index contributed by atoms with van der Waals surface area (Å²) in [6.07, 6.45) is 6.59. The first-order valence-corrected chi connectivity index (χ1v) is 9.12. The Labute approximate surface area is 183 Å². The summed E-state index contributed by atoms with van der Waals surface area (Å²) in [7, 11) is 0. The molecule has 1 saturated heterocycles. The van der Waals surface area contributed by atoms with E-state index >= 15 is 0 Å². The van der Waals surface area contributed by atoms with Gasteiger partial charge in [-0.1, -0.05) is 30.3 Å². The first-order chi connectivity index (χ1) is 13.1. The molecule has 0 aliphatic carbocycles. The summed E-state index contributed by atoms with van der Waals surface area (Å²) in [5.74, 6) is 0.0247. The number of benzene rings is 1. The highest BCUT2D eigenvalue weighted by Gasteiger charge is 2.20. The monoisotopic (exact) mass is 439 g/mol. The van der Waals surface area contributed by atoms with Crippen LogP contribution < -0.4 is 10.8 Å². The molecule has 0 saturated carbocycles. The van der Waals surface area contributed by atoms with Gasteiger partial charge in [0, 0.05) is 43.5 Å². The van der Waals surface area contributed by atoms with Crippen molar-refractivity contribution in [3.63, 3.8) is 0 Å². The third-order valence-electron chi connectivity index (χ3n) is 4.71. The summed E-state index contributed by atoms with van der Waals surface area (Å²) in [4.78, 5) is 22.4. The lowest BCUT2D eigenvalue weighted by atomic mass is 10.0. The zero-order valence-corrected chi connectivity index (χ0v) is 17.9. The summed E-state index contributed by atoms with van der Waals surface area (Å²) >= 11 is 0. The highest BCUT2D eigenvalue weighted by molar-refractivity contribution is 5.90. The number of nitrogens with one attached hydrogen (secondary N) is 2. The predicted octanol–water partition coefficient (Wildman–Crippen LogP) is 3.22. The van der Waals surface area contributed by atoms with E-state index in [4.69, 9.17) is 5.21 Å². The van der Waals surface area contributed by atoms with Crippen LogP contribution in [0.5, 0.6) is 0 Å². The number of hydrogen-bond acceptors (Lipinski definition) is 6. The van der Waals surface area contributed by atoms with Gasteiger partial charge in [0.2, 0.25) is 5.95 Å². The van der Waals surface area contributed by atoms with Crippen LogP contribution in [0.1, 0.15) is 29.7 Å². The van der Waals surface area contributed by atoms with Crippen molar-refractivity contribution in [3.05, 3.63) is 59.4 Å². The second kappa shape index (κ2) is 12.4. The molecule has 0 radical (unpaired) electrons. The Hall–Kier alpha value is -2.19. The van der Waals surface area contributed by atoms with Gasteiger partial charge in [-0.05, 0) is 31.4 Å². The Balaban J connectivity index is 0.00000210. The molecule has 1 aliphatic rings. The van der Waals surface area contributed by atoms with Gasteiger partial charge in [-0.3, -0.25) is 14.9 Å². The number of hydrogen-bond donors (Lipinski definition) is 3. The second-order valence-corrected chi connectivity index (χ2v) is 6.72. The van der Waals surface area contributed by atoms with E-state index in [9.17, 15) is 4.79 Å². The van der Waals surface area contributed by atoms with Crippen LogP contribution in [0.15, 0.2) is 42.6 Å². The molecule has 0 unspecified atom stereocenters. The lowest BCUT2D eigenvalue weighted by Crippen LogP contribution is -2.39.